The molecule has 0 spiro atoms. The van der Waals surface area contributed by atoms with E-state index in [0.717, 1.165) is 25.2 Å². The van der Waals surface area contributed by atoms with Crippen molar-refractivity contribution in [2.75, 3.05) is 6.54 Å². The Bertz CT molecular complexity index is 446. The summed E-state index contributed by atoms with van der Waals surface area (Å²) in [5.41, 5.74) is 0. The molecule has 84 valence electrons. The Morgan fingerprint density at radius 2 is 2.56 bits per heavy atom. The molecule has 0 bridgehead atoms. The van der Waals surface area contributed by atoms with E-state index in [1.807, 2.05) is 6.07 Å². The van der Waals surface area contributed by atoms with E-state index in [1.54, 1.807) is 11.3 Å². The number of nitrogens with zero attached hydrogens (tertiary/aromatic N) is 2. The lowest BCUT2D eigenvalue weighted by molar-refractivity contribution is 0.374. The first kappa shape index (κ1) is 9.99. The van der Waals surface area contributed by atoms with Crippen molar-refractivity contribution in [2.24, 2.45) is 0 Å². The van der Waals surface area contributed by atoms with E-state index in [4.69, 9.17) is 4.52 Å². The molecule has 16 heavy (non-hydrogen) atoms. The van der Waals surface area contributed by atoms with E-state index in [2.05, 4.69) is 26.9 Å². The topological polar surface area (TPSA) is 51.0 Å². The average Bonchev–Trinajstić information content (AvgIpc) is 2.99. The van der Waals surface area contributed by atoms with Crippen LogP contribution in [0.2, 0.25) is 0 Å². The summed E-state index contributed by atoms with van der Waals surface area (Å²) < 4.78 is 5.26. The van der Waals surface area contributed by atoms with E-state index in [0.29, 0.717) is 11.9 Å². The summed E-state index contributed by atoms with van der Waals surface area (Å²) in [6.07, 6.45) is 3.05. The highest BCUT2D eigenvalue weighted by atomic mass is 32.1. The number of nitrogens with one attached hydrogen (secondary N) is 1. The standard InChI is InChI=1S/C11H13N3OS/c1-4-9(12-5-1)11-13-10(15-14-11)7-8-3-2-6-16-8/h2-3,6,9,12H,1,4-5,7H2. The van der Waals surface area contributed by atoms with Crippen molar-refractivity contribution in [3.8, 4) is 0 Å². The van der Waals surface area contributed by atoms with Crippen LogP contribution in [0.4, 0.5) is 0 Å². The Labute approximate surface area is 97.7 Å². The molecule has 3 heterocycles. The highest BCUT2D eigenvalue weighted by Gasteiger charge is 2.21. The van der Waals surface area contributed by atoms with Crippen LogP contribution in [-0.4, -0.2) is 16.7 Å². The van der Waals surface area contributed by atoms with Gasteiger partial charge in [0.1, 0.15) is 0 Å². The van der Waals surface area contributed by atoms with Gasteiger partial charge in [0.05, 0.1) is 12.5 Å². The first-order valence-corrected chi connectivity index (χ1v) is 6.38. The molecule has 1 unspecified atom stereocenters. The van der Waals surface area contributed by atoms with E-state index < -0.39 is 0 Å². The van der Waals surface area contributed by atoms with Crippen LogP contribution in [0, 0.1) is 0 Å². The minimum Gasteiger partial charge on any atom is -0.339 e. The van der Waals surface area contributed by atoms with E-state index in [9.17, 15) is 0 Å². The lowest BCUT2D eigenvalue weighted by atomic mass is 10.2. The quantitative estimate of drug-likeness (QED) is 0.885. The maximum Gasteiger partial charge on any atom is 0.231 e. The number of rotatable bonds is 3. The van der Waals surface area contributed by atoms with Gasteiger partial charge in [-0.15, -0.1) is 11.3 Å². The SMILES string of the molecule is c1csc(Cc2nc(C3CCCN3)no2)c1. The monoisotopic (exact) mass is 235 g/mol. The summed E-state index contributed by atoms with van der Waals surface area (Å²) in [5.74, 6) is 1.52. The molecule has 2 aromatic rings. The van der Waals surface area contributed by atoms with Crippen LogP contribution in [0.15, 0.2) is 22.0 Å². The molecule has 2 aromatic heterocycles. The minimum atomic E-state index is 0.292. The Morgan fingerprint density at radius 1 is 1.56 bits per heavy atom. The molecule has 3 rings (SSSR count). The molecule has 1 N–H and O–H groups in total. The zero-order valence-corrected chi connectivity index (χ0v) is 9.67. The molecule has 0 aromatic carbocycles. The van der Waals surface area contributed by atoms with Gasteiger partial charge in [0.2, 0.25) is 5.89 Å². The fraction of sp³-hybridized carbons (Fsp3) is 0.455. The zero-order chi connectivity index (χ0) is 10.8. The molecule has 0 radical (unpaired) electrons. The van der Waals surface area contributed by atoms with Gasteiger partial charge in [-0.3, -0.25) is 0 Å². The second-order valence-corrected chi connectivity index (χ2v) is 4.98. The summed E-state index contributed by atoms with van der Waals surface area (Å²) in [6.45, 7) is 1.06. The van der Waals surface area contributed by atoms with E-state index in [1.165, 1.54) is 11.3 Å². The number of hydrogen-bond donors (Lipinski definition) is 1. The fourth-order valence-corrected chi connectivity index (χ4v) is 2.64. The number of thiophene rings is 1. The van der Waals surface area contributed by atoms with Gasteiger partial charge in [0, 0.05) is 4.88 Å². The van der Waals surface area contributed by atoms with Gasteiger partial charge in [-0.1, -0.05) is 11.2 Å². The second-order valence-electron chi connectivity index (χ2n) is 3.95. The van der Waals surface area contributed by atoms with Crippen molar-refractivity contribution in [2.45, 2.75) is 25.3 Å². The van der Waals surface area contributed by atoms with Crippen molar-refractivity contribution in [3.63, 3.8) is 0 Å². The lowest BCUT2D eigenvalue weighted by Crippen LogP contribution is -2.14. The third kappa shape index (κ3) is 2.01. The van der Waals surface area contributed by atoms with Gasteiger partial charge < -0.3 is 9.84 Å². The predicted octanol–water partition coefficient (Wildman–Crippen LogP) is 2.15. The molecule has 1 fully saturated rings. The molecular weight excluding hydrogens is 222 g/mol. The van der Waals surface area contributed by atoms with E-state index in [-0.39, 0.29) is 0 Å². The molecule has 0 saturated carbocycles. The van der Waals surface area contributed by atoms with Crippen LogP contribution >= 0.6 is 11.3 Å². The third-order valence-electron chi connectivity index (χ3n) is 2.76. The van der Waals surface area contributed by atoms with Gasteiger partial charge in [0.25, 0.3) is 0 Å². The highest BCUT2D eigenvalue weighted by molar-refractivity contribution is 7.09. The van der Waals surface area contributed by atoms with Crippen LogP contribution < -0.4 is 5.32 Å². The first-order valence-electron chi connectivity index (χ1n) is 5.50. The maximum absolute atomic E-state index is 5.26. The fourth-order valence-electron chi connectivity index (χ4n) is 1.95. The summed E-state index contributed by atoms with van der Waals surface area (Å²) in [6, 6.07) is 4.42. The summed E-state index contributed by atoms with van der Waals surface area (Å²) in [4.78, 5) is 5.69. The molecule has 1 saturated heterocycles. The van der Waals surface area contributed by atoms with Crippen LogP contribution in [0.25, 0.3) is 0 Å². The maximum atomic E-state index is 5.26. The van der Waals surface area contributed by atoms with Crippen molar-refractivity contribution < 1.29 is 4.52 Å². The predicted molar refractivity (Wildman–Crippen MR) is 61.4 cm³/mol. The lowest BCUT2D eigenvalue weighted by Gasteiger charge is -2.01. The van der Waals surface area contributed by atoms with Gasteiger partial charge in [-0.25, -0.2) is 0 Å². The molecule has 1 aliphatic rings. The molecule has 0 aliphatic carbocycles. The van der Waals surface area contributed by atoms with Crippen molar-refractivity contribution >= 4 is 11.3 Å². The van der Waals surface area contributed by atoms with Crippen molar-refractivity contribution in [1.29, 1.82) is 0 Å². The van der Waals surface area contributed by atoms with Gasteiger partial charge >= 0.3 is 0 Å². The van der Waals surface area contributed by atoms with Gasteiger partial charge in [-0.05, 0) is 30.8 Å². The normalized spacial score (nSPS) is 20.4. The van der Waals surface area contributed by atoms with Crippen LogP contribution in [0.3, 0.4) is 0 Å². The van der Waals surface area contributed by atoms with Crippen LogP contribution in [0.5, 0.6) is 0 Å². The van der Waals surface area contributed by atoms with Gasteiger partial charge in [-0.2, -0.15) is 4.98 Å². The molecule has 4 nitrogen and oxygen atoms in total. The second kappa shape index (κ2) is 4.35. The van der Waals surface area contributed by atoms with Crippen molar-refractivity contribution in [3.05, 3.63) is 34.1 Å². The summed E-state index contributed by atoms with van der Waals surface area (Å²) in [7, 11) is 0. The smallest absolute Gasteiger partial charge is 0.231 e. The largest absolute Gasteiger partial charge is 0.339 e. The first-order chi connectivity index (χ1) is 7.92. The third-order valence-corrected chi connectivity index (χ3v) is 3.64. The number of aromatic nitrogens is 2. The Hall–Kier alpha value is -1.20. The summed E-state index contributed by atoms with van der Waals surface area (Å²) in [5, 5.41) is 9.46. The van der Waals surface area contributed by atoms with Crippen LogP contribution in [-0.2, 0) is 6.42 Å². The zero-order valence-electron chi connectivity index (χ0n) is 8.85. The highest BCUT2D eigenvalue weighted by Crippen LogP contribution is 2.21. The molecule has 0 amide bonds. The van der Waals surface area contributed by atoms with Crippen LogP contribution in [0.1, 0.15) is 35.5 Å². The molecular formula is C11H13N3OS. The molecule has 1 atom stereocenters. The van der Waals surface area contributed by atoms with Gasteiger partial charge in [0.15, 0.2) is 5.82 Å². The Balaban J connectivity index is 1.72. The summed E-state index contributed by atoms with van der Waals surface area (Å²) >= 11 is 1.72. The van der Waals surface area contributed by atoms with E-state index >= 15 is 0 Å². The average molecular weight is 235 g/mol. The van der Waals surface area contributed by atoms with Crippen molar-refractivity contribution in [1.82, 2.24) is 15.5 Å². The Morgan fingerprint density at radius 3 is 3.31 bits per heavy atom. The molecule has 5 heteroatoms. The minimum absolute atomic E-state index is 0.292. The Kier molecular flexibility index (Phi) is 2.71. The number of hydrogen-bond acceptors (Lipinski definition) is 5. The molecule has 1 aliphatic heterocycles.